The molecule has 0 atom stereocenters. The third-order valence-electron chi connectivity index (χ3n) is 0.712. The summed E-state index contributed by atoms with van der Waals surface area (Å²) < 4.78 is 0. The molecule has 0 unspecified atom stereocenters. The Morgan fingerprint density at radius 2 is 2.11 bits per heavy atom. The molecule has 0 spiro atoms. The number of carboxylic acids is 1. The first kappa shape index (κ1) is 8.14. The maximum Gasteiger partial charge on any atom is 0.307 e. The lowest BCUT2D eigenvalue weighted by Crippen LogP contribution is -1.95. The van der Waals surface area contributed by atoms with Gasteiger partial charge >= 0.3 is 5.97 Å². The minimum atomic E-state index is -0.971. The highest BCUT2D eigenvalue weighted by Gasteiger charge is 1.95. The number of rotatable bonds is 5. The first-order valence-electron chi connectivity index (χ1n) is 2.60. The van der Waals surface area contributed by atoms with Gasteiger partial charge in [0.05, 0.1) is 6.42 Å². The molecule has 0 aliphatic heterocycles. The maximum absolute atomic E-state index is 9.79. The van der Waals surface area contributed by atoms with Crippen LogP contribution < -0.4 is 0 Å². The van der Waals surface area contributed by atoms with E-state index in [9.17, 15) is 9.59 Å². The van der Waals surface area contributed by atoms with Crippen LogP contribution >= 0.6 is 0 Å². The molecule has 0 saturated carbocycles. The zero-order valence-electron chi connectivity index (χ0n) is 4.91. The van der Waals surface area contributed by atoms with Gasteiger partial charge in [0, 0.05) is 6.42 Å². The van der Waals surface area contributed by atoms with Crippen LogP contribution in [-0.4, -0.2) is 17.4 Å². The van der Waals surface area contributed by atoms with Crippen LogP contribution in [0.3, 0.4) is 0 Å². The normalized spacial score (nSPS) is 8.89. The van der Waals surface area contributed by atoms with Crippen molar-refractivity contribution >= 4 is 12.3 Å². The average Bonchev–Trinajstić information content (AvgIpc) is 1.80. The van der Waals surface area contributed by atoms with Crippen LogP contribution in [0.25, 0.3) is 0 Å². The fourth-order valence-corrected chi connectivity index (χ4v) is 0.348. The second-order valence-corrected chi connectivity index (χ2v) is 1.48. The van der Waals surface area contributed by atoms with E-state index in [4.69, 9.17) is 5.11 Å². The summed E-state index contributed by atoms with van der Waals surface area (Å²) in [4.78, 5) is 19.5. The van der Waals surface area contributed by atoms with Gasteiger partial charge in [-0.1, -0.05) is 0 Å². The van der Waals surface area contributed by atoms with Gasteiger partial charge in [0.25, 0.3) is 0 Å². The van der Waals surface area contributed by atoms with Crippen LogP contribution in [0.15, 0.2) is 0 Å². The van der Waals surface area contributed by atoms with Gasteiger partial charge < -0.3 is 9.90 Å². The first-order chi connectivity index (χ1) is 4.27. The highest BCUT2D eigenvalue weighted by atomic mass is 16.4. The molecular weight excluding hydrogens is 120 g/mol. The Bertz CT molecular complexity index is 98.5. The van der Waals surface area contributed by atoms with E-state index >= 15 is 0 Å². The fraction of sp³-hybridized carbons (Fsp3) is 0.333. The van der Waals surface area contributed by atoms with E-state index in [-0.39, 0.29) is 0 Å². The molecule has 0 aliphatic rings. The zero-order chi connectivity index (χ0) is 7.11. The largest absolute Gasteiger partial charge is 0.481 e. The summed E-state index contributed by atoms with van der Waals surface area (Å²) in [6, 6.07) is 0. The van der Waals surface area contributed by atoms with E-state index in [1.165, 1.54) is 6.42 Å². The standard InChI is InChI=1S/C6H8O3/c7-5-3-1-2-4-6(8)9/h2,4-5H,1,3H2,(H,8,9). The third-order valence-corrected chi connectivity index (χ3v) is 0.712. The molecule has 1 N–H and O–H groups in total. The molecule has 0 bridgehead atoms. The zero-order valence-corrected chi connectivity index (χ0v) is 4.91. The highest BCUT2D eigenvalue weighted by Crippen LogP contribution is 1.93. The van der Waals surface area contributed by atoms with Crippen molar-refractivity contribution in [2.75, 3.05) is 0 Å². The van der Waals surface area contributed by atoms with Gasteiger partial charge in [0.1, 0.15) is 6.29 Å². The molecule has 0 aliphatic carbocycles. The Morgan fingerprint density at radius 1 is 1.44 bits per heavy atom. The second-order valence-electron chi connectivity index (χ2n) is 1.48. The number of hydrogen-bond acceptors (Lipinski definition) is 2. The summed E-state index contributed by atoms with van der Waals surface area (Å²) in [5.41, 5.74) is 0. The van der Waals surface area contributed by atoms with Gasteiger partial charge in [-0.15, -0.1) is 0 Å². The predicted octanol–water partition coefficient (Wildman–Crippen LogP) is 0.459. The molecule has 0 rings (SSSR count). The Labute approximate surface area is 53.7 Å². The summed E-state index contributed by atoms with van der Waals surface area (Å²) >= 11 is 0. The molecule has 0 amide bonds. The van der Waals surface area contributed by atoms with Gasteiger partial charge in [-0.2, -0.15) is 0 Å². The van der Waals surface area contributed by atoms with Crippen molar-refractivity contribution in [1.82, 2.24) is 0 Å². The van der Waals surface area contributed by atoms with Crippen molar-refractivity contribution in [3.8, 4) is 0 Å². The molecule has 0 saturated heterocycles. The summed E-state index contributed by atoms with van der Waals surface area (Å²) in [5.74, 6) is -0.971. The van der Waals surface area contributed by atoms with Crippen molar-refractivity contribution in [3.63, 3.8) is 0 Å². The number of aliphatic carboxylic acids is 1. The minimum absolute atomic E-state index is 0.393. The van der Waals surface area contributed by atoms with Gasteiger partial charge in [0.15, 0.2) is 0 Å². The van der Waals surface area contributed by atoms with E-state index in [1.807, 2.05) is 0 Å². The van der Waals surface area contributed by atoms with E-state index in [2.05, 4.69) is 0 Å². The fourth-order valence-electron chi connectivity index (χ4n) is 0.348. The summed E-state index contributed by atoms with van der Waals surface area (Å²) in [7, 11) is 0. The van der Waals surface area contributed by atoms with Crippen LogP contribution in [0.4, 0.5) is 0 Å². The van der Waals surface area contributed by atoms with E-state index in [0.29, 0.717) is 12.8 Å². The van der Waals surface area contributed by atoms with Gasteiger partial charge in [-0.25, -0.2) is 0 Å². The summed E-state index contributed by atoms with van der Waals surface area (Å²) in [5, 5.41) is 8.04. The first-order valence-corrected chi connectivity index (χ1v) is 2.60. The molecular formula is C6H8O3. The third kappa shape index (κ3) is 7.14. The van der Waals surface area contributed by atoms with Crippen LogP contribution in [0, 0.1) is 12.8 Å². The van der Waals surface area contributed by atoms with E-state index in [0.717, 1.165) is 12.7 Å². The van der Waals surface area contributed by atoms with Crippen LogP contribution in [0.1, 0.15) is 12.8 Å². The number of unbranched alkanes of at least 4 members (excludes halogenated alkanes) is 2. The van der Waals surface area contributed by atoms with Crippen molar-refractivity contribution in [2.45, 2.75) is 12.8 Å². The van der Waals surface area contributed by atoms with Gasteiger partial charge in [-0.05, 0) is 12.8 Å². The molecule has 0 aromatic carbocycles. The summed E-state index contributed by atoms with van der Waals surface area (Å²) in [6.45, 7) is 0. The number of carbonyl (C=O) groups excluding carboxylic acids is 1. The average molecular weight is 128 g/mol. The molecule has 0 aromatic heterocycles. The lowest BCUT2D eigenvalue weighted by atomic mass is 10.2. The van der Waals surface area contributed by atoms with E-state index < -0.39 is 5.97 Å². The predicted molar refractivity (Wildman–Crippen MR) is 31.5 cm³/mol. The minimum Gasteiger partial charge on any atom is -0.481 e. The number of hydrogen-bond donors (Lipinski definition) is 1. The molecule has 0 fully saturated rings. The Balaban J connectivity index is 2.91. The SMILES string of the molecule is O=CCC[CH][CH]C(=O)O. The quantitative estimate of drug-likeness (QED) is 0.432. The monoisotopic (exact) mass is 128 g/mol. The lowest BCUT2D eigenvalue weighted by molar-refractivity contribution is -0.132. The summed E-state index contributed by atoms with van der Waals surface area (Å²) in [6.07, 6.45) is 4.14. The maximum atomic E-state index is 9.79. The van der Waals surface area contributed by atoms with Crippen molar-refractivity contribution < 1.29 is 14.7 Å². The van der Waals surface area contributed by atoms with Crippen molar-refractivity contribution in [1.29, 1.82) is 0 Å². The molecule has 2 radical (unpaired) electrons. The molecule has 3 heteroatoms. The van der Waals surface area contributed by atoms with Gasteiger partial charge in [0.2, 0.25) is 0 Å². The van der Waals surface area contributed by atoms with Crippen LogP contribution in [0.2, 0.25) is 0 Å². The molecule has 9 heavy (non-hydrogen) atoms. The van der Waals surface area contributed by atoms with Gasteiger partial charge in [-0.3, -0.25) is 4.79 Å². The van der Waals surface area contributed by atoms with E-state index in [1.54, 1.807) is 0 Å². The Kier molecular flexibility index (Phi) is 4.78. The highest BCUT2D eigenvalue weighted by molar-refractivity contribution is 5.78. The Hall–Kier alpha value is -0.860. The smallest absolute Gasteiger partial charge is 0.307 e. The second kappa shape index (κ2) is 5.28. The number of carbonyl (C=O) groups is 2. The van der Waals surface area contributed by atoms with Crippen molar-refractivity contribution in [2.24, 2.45) is 0 Å². The molecule has 3 nitrogen and oxygen atoms in total. The molecule has 0 aromatic rings. The molecule has 0 heterocycles. The lowest BCUT2D eigenvalue weighted by Gasteiger charge is -1.88. The number of aldehydes is 1. The topological polar surface area (TPSA) is 54.4 Å². The Morgan fingerprint density at radius 3 is 2.56 bits per heavy atom. The van der Waals surface area contributed by atoms with Crippen LogP contribution in [-0.2, 0) is 9.59 Å². The molecule has 50 valence electrons. The van der Waals surface area contributed by atoms with Crippen molar-refractivity contribution in [3.05, 3.63) is 12.8 Å². The van der Waals surface area contributed by atoms with Crippen LogP contribution in [0.5, 0.6) is 0 Å². The number of carboxylic acid groups (broad SMARTS) is 1.